The van der Waals surface area contributed by atoms with Crippen molar-refractivity contribution >= 4 is 17.3 Å². The average molecular weight is 268 g/mol. The largest absolute Gasteiger partial charge is 0.508 e. The monoisotopic (exact) mass is 268 g/mol. The van der Waals surface area contributed by atoms with E-state index in [1.54, 1.807) is 24.3 Å². The molecule has 0 atom stereocenters. The van der Waals surface area contributed by atoms with Gasteiger partial charge in [0, 0.05) is 29.5 Å². The number of carbonyl (C=O) groups excluding carboxylic acids is 1. The molecule has 0 aliphatic carbocycles. The number of carbonyl (C=O) groups is 1. The lowest BCUT2D eigenvalue weighted by Gasteiger charge is -2.08. The summed E-state index contributed by atoms with van der Waals surface area (Å²) >= 11 is 0. The van der Waals surface area contributed by atoms with Crippen LogP contribution in [-0.2, 0) is 6.42 Å². The second-order valence-corrected chi connectivity index (χ2v) is 5.00. The second-order valence-electron chi connectivity index (χ2n) is 5.00. The number of nitrogens with one attached hydrogen (secondary N) is 2. The van der Waals surface area contributed by atoms with Crippen molar-refractivity contribution in [2.24, 2.45) is 0 Å². The zero-order valence-electron chi connectivity index (χ0n) is 11.2. The van der Waals surface area contributed by atoms with Crippen molar-refractivity contribution in [2.75, 3.05) is 17.2 Å². The van der Waals surface area contributed by atoms with Gasteiger partial charge in [-0.3, -0.25) is 4.79 Å². The molecule has 102 valence electrons. The van der Waals surface area contributed by atoms with Crippen LogP contribution in [0.25, 0.3) is 0 Å². The highest BCUT2D eigenvalue weighted by Crippen LogP contribution is 2.24. The van der Waals surface area contributed by atoms with Gasteiger partial charge in [-0.05, 0) is 48.7 Å². The number of anilines is 2. The third kappa shape index (κ3) is 2.32. The summed E-state index contributed by atoms with van der Waals surface area (Å²) in [6, 6.07) is 10.8. The Morgan fingerprint density at radius 2 is 2.10 bits per heavy atom. The maximum Gasteiger partial charge on any atom is 0.255 e. The Morgan fingerprint density at radius 3 is 2.90 bits per heavy atom. The van der Waals surface area contributed by atoms with E-state index in [4.69, 9.17) is 0 Å². The third-order valence-corrected chi connectivity index (χ3v) is 3.54. The first kappa shape index (κ1) is 12.5. The molecule has 0 aromatic heterocycles. The number of hydrogen-bond donors (Lipinski definition) is 3. The number of aryl methyl sites for hydroxylation is 1. The summed E-state index contributed by atoms with van der Waals surface area (Å²) in [5.74, 6) is 0.0175. The van der Waals surface area contributed by atoms with Gasteiger partial charge in [-0.2, -0.15) is 0 Å². The molecule has 0 unspecified atom stereocenters. The summed E-state index contributed by atoms with van der Waals surface area (Å²) in [7, 11) is 0. The number of fused-ring (bicyclic) bond motifs is 1. The molecule has 0 bridgehead atoms. The smallest absolute Gasteiger partial charge is 0.255 e. The van der Waals surface area contributed by atoms with E-state index in [-0.39, 0.29) is 11.7 Å². The predicted octanol–water partition coefficient (Wildman–Crippen LogP) is 2.92. The minimum absolute atomic E-state index is 0.164. The number of hydrogen-bond acceptors (Lipinski definition) is 3. The molecule has 1 aliphatic heterocycles. The Bertz CT molecular complexity index is 680. The van der Waals surface area contributed by atoms with Gasteiger partial charge in [-0.1, -0.05) is 6.07 Å². The quantitative estimate of drug-likeness (QED) is 0.784. The molecular formula is C16H16N2O2. The number of phenolic OH excluding ortho intramolecular Hbond substituents is 1. The first-order valence-electron chi connectivity index (χ1n) is 6.61. The molecule has 3 N–H and O–H groups in total. The maximum absolute atomic E-state index is 12.2. The van der Waals surface area contributed by atoms with Crippen molar-refractivity contribution in [3.05, 3.63) is 53.1 Å². The van der Waals surface area contributed by atoms with Crippen molar-refractivity contribution in [3.8, 4) is 5.75 Å². The van der Waals surface area contributed by atoms with Crippen molar-refractivity contribution < 1.29 is 9.90 Å². The highest BCUT2D eigenvalue weighted by molar-refractivity contribution is 6.04. The Morgan fingerprint density at radius 1 is 1.25 bits per heavy atom. The molecular weight excluding hydrogens is 252 g/mol. The van der Waals surface area contributed by atoms with Crippen molar-refractivity contribution in [3.63, 3.8) is 0 Å². The summed E-state index contributed by atoms with van der Waals surface area (Å²) < 4.78 is 0. The molecule has 0 saturated heterocycles. The highest BCUT2D eigenvalue weighted by Gasteiger charge is 2.13. The third-order valence-electron chi connectivity index (χ3n) is 3.54. The summed E-state index contributed by atoms with van der Waals surface area (Å²) in [5.41, 5.74) is 4.29. The van der Waals surface area contributed by atoms with E-state index in [9.17, 15) is 9.90 Å². The molecule has 2 aromatic carbocycles. The minimum atomic E-state index is -0.164. The summed E-state index contributed by atoms with van der Waals surface area (Å²) in [5, 5.41) is 15.7. The standard InChI is InChI=1S/C16H16N2O2/c1-10-2-4-13(9-15(10)19)18-16(20)12-3-5-14-11(8-12)6-7-17-14/h2-5,8-9,17,19H,6-7H2,1H3,(H,18,20). The SMILES string of the molecule is Cc1ccc(NC(=O)c2ccc3c(c2)CCN3)cc1O. The van der Waals surface area contributed by atoms with Crippen LogP contribution in [0, 0.1) is 6.92 Å². The fourth-order valence-corrected chi connectivity index (χ4v) is 2.34. The molecule has 0 spiro atoms. The van der Waals surface area contributed by atoms with Crippen LogP contribution in [0.2, 0.25) is 0 Å². The molecule has 3 rings (SSSR count). The number of rotatable bonds is 2. The van der Waals surface area contributed by atoms with E-state index < -0.39 is 0 Å². The first-order valence-corrected chi connectivity index (χ1v) is 6.61. The average Bonchev–Trinajstić information content (AvgIpc) is 2.90. The zero-order chi connectivity index (χ0) is 14.1. The molecule has 0 saturated carbocycles. The van der Waals surface area contributed by atoms with Gasteiger partial charge in [0.15, 0.2) is 0 Å². The van der Waals surface area contributed by atoms with E-state index in [0.29, 0.717) is 11.3 Å². The first-order chi connectivity index (χ1) is 9.63. The molecule has 4 heteroatoms. The maximum atomic E-state index is 12.2. The van der Waals surface area contributed by atoms with Gasteiger partial charge in [-0.25, -0.2) is 0 Å². The minimum Gasteiger partial charge on any atom is -0.508 e. The predicted molar refractivity (Wildman–Crippen MR) is 79.4 cm³/mol. The number of phenols is 1. The lowest BCUT2D eigenvalue weighted by Crippen LogP contribution is -2.12. The van der Waals surface area contributed by atoms with Crippen molar-refractivity contribution in [1.29, 1.82) is 0 Å². The van der Waals surface area contributed by atoms with E-state index in [1.807, 2.05) is 19.1 Å². The molecule has 20 heavy (non-hydrogen) atoms. The molecule has 4 nitrogen and oxygen atoms in total. The normalized spacial score (nSPS) is 12.7. The van der Waals surface area contributed by atoms with Gasteiger partial charge in [0.1, 0.15) is 5.75 Å². The lowest BCUT2D eigenvalue weighted by atomic mass is 10.1. The Kier molecular flexibility index (Phi) is 3.06. The highest BCUT2D eigenvalue weighted by atomic mass is 16.3. The van der Waals surface area contributed by atoms with Crippen LogP contribution >= 0.6 is 0 Å². The van der Waals surface area contributed by atoms with Gasteiger partial charge >= 0.3 is 0 Å². The van der Waals surface area contributed by atoms with E-state index in [0.717, 1.165) is 24.2 Å². The van der Waals surface area contributed by atoms with E-state index in [2.05, 4.69) is 10.6 Å². The summed E-state index contributed by atoms with van der Waals surface area (Å²) in [4.78, 5) is 12.2. The fourth-order valence-electron chi connectivity index (χ4n) is 2.34. The Balaban J connectivity index is 1.80. The van der Waals surface area contributed by atoms with Crippen LogP contribution in [-0.4, -0.2) is 17.6 Å². The lowest BCUT2D eigenvalue weighted by molar-refractivity contribution is 0.102. The fraction of sp³-hybridized carbons (Fsp3) is 0.188. The summed E-state index contributed by atoms with van der Waals surface area (Å²) in [6.45, 7) is 2.74. The topological polar surface area (TPSA) is 61.4 Å². The molecule has 0 radical (unpaired) electrons. The van der Waals surface area contributed by atoms with Crippen molar-refractivity contribution in [2.45, 2.75) is 13.3 Å². The van der Waals surface area contributed by atoms with E-state index >= 15 is 0 Å². The van der Waals surface area contributed by atoms with Gasteiger partial charge in [0.2, 0.25) is 0 Å². The Hall–Kier alpha value is -2.49. The molecule has 1 amide bonds. The number of amides is 1. The van der Waals surface area contributed by atoms with Gasteiger partial charge in [-0.15, -0.1) is 0 Å². The number of benzene rings is 2. The molecule has 2 aromatic rings. The second kappa shape index (κ2) is 4.89. The van der Waals surface area contributed by atoms with Gasteiger partial charge in [0.25, 0.3) is 5.91 Å². The molecule has 1 aliphatic rings. The molecule has 1 heterocycles. The summed E-state index contributed by atoms with van der Waals surface area (Å²) in [6.07, 6.45) is 0.946. The Labute approximate surface area is 117 Å². The zero-order valence-corrected chi connectivity index (χ0v) is 11.2. The van der Waals surface area contributed by atoms with E-state index in [1.165, 1.54) is 5.56 Å². The molecule has 0 fully saturated rings. The van der Waals surface area contributed by atoms with Gasteiger partial charge < -0.3 is 15.7 Å². The van der Waals surface area contributed by atoms with Crippen molar-refractivity contribution in [1.82, 2.24) is 0 Å². The van der Waals surface area contributed by atoms with Crippen LogP contribution in [0.1, 0.15) is 21.5 Å². The van der Waals surface area contributed by atoms with Gasteiger partial charge in [0.05, 0.1) is 0 Å². The van der Waals surface area contributed by atoms with Crippen LogP contribution in [0.15, 0.2) is 36.4 Å². The van der Waals surface area contributed by atoms with Crippen LogP contribution in [0.3, 0.4) is 0 Å². The van der Waals surface area contributed by atoms with Crippen LogP contribution < -0.4 is 10.6 Å². The van der Waals surface area contributed by atoms with Crippen LogP contribution in [0.4, 0.5) is 11.4 Å². The van der Waals surface area contributed by atoms with Crippen LogP contribution in [0.5, 0.6) is 5.75 Å². The number of aromatic hydroxyl groups is 1.